The Balaban J connectivity index is 1.39. The summed E-state index contributed by atoms with van der Waals surface area (Å²) in [7, 11) is 0. The molecule has 0 spiro atoms. The number of carbonyl (C=O) groups is 1. The highest BCUT2D eigenvalue weighted by Crippen LogP contribution is 2.24. The molecule has 0 bridgehead atoms. The van der Waals surface area contributed by atoms with Crippen molar-refractivity contribution in [2.75, 3.05) is 13.2 Å². The topological polar surface area (TPSA) is 70.8 Å². The van der Waals surface area contributed by atoms with Crippen molar-refractivity contribution < 1.29 is 23.5 Å². The zero-order valence-electron chi connectivity index (χ0n) is 18.9. The van der Waals surface area contributed by atoms with Crippen LogP contribution >= 0.6 is 12.2 Å². The second-order valence-electron chi connectivity index (χ2n) is 8.41. The van der Waals surface area contributed by atoms with E-state index in [9.17, 15) is 4.79 Å². The van der Waals surface area contributed by atoms with Crippen molar-refractivity contribution in [1.82, 2.24) is 5.16 Å². The molecule has 33 heavy (non-hydrogen) atoms. The number of thiocarbonyl (C=S) groups is 1. The van der Waals surface area contributed by atoms with Gasteiger partial charge in [-0.05, 0) is 59.8 Å². The Morgan fingerprint density at radius 1 is 1.09 bits per heavy atom. The lowest BCUT2D eigenvalue weighted by molar-refractivity contribution is 0.0618. The van der Waals surface area contributed by atoms with E-state index in [0.717, 1.165) is 38.0 Å². The highest BCUT2D eigenvalue weighted by atomic mass is 32.1. The van der Waals surface area contributed by atoms with Gasteiger partial charge in [0.25, 0.3) is 0 Å². The largest absolute Gasteiger partial charge is 0.482 e. The molecular formula is C26H29NO5S. The molecule has 0 saturated carbocycles. The molecule has 174 valence electrons. The maximum absolute atomic E-state index is 12.9. The Bertz CT molecular complexity index is 1100. The van der Waals surface area contributed by atoms with E-state index in [2.05, 4.69) is 29.4 Å². The number of rotatable bonds is 10. The van der Waals surface area contributed by atoms with Crippen LogP contribution in [0.15, 0.2) is 47.0 Å². The third kappa shape index (κ3) is 6.47. The predicted molar refractivity (Wildman–Crippen MR) is 129 cm³/mol. The molecule has 0 atom stereocenters. The van der Waals surface area contributed by atoms with Crippen LogP contribution in [0.25, 0.3) is 10.8 Å². The molecule has 1 fully saturated rings. The van der Waals surface area contributed by atoms with Crippen molar-refractivity contribution >= 4 is 33.8 Å². The lowest BCUT2D eigenvalue weighted by atomic mass is 9.93. The van der Waals surface area contributed by atoms with E-state index in [1.54, 1.807) is 6.92 Å². The highest BCUT2D eigenvalue weighted by Gasteiger charge is 2.24. The van der Waals surface area contributed by atoms with Gasteiger partial charge in [-0.15, -0.1) is 0 Å². The minimum Gasteiger partial charge on any atom is -0.482 e. The molecule has 0 N–H and O–H groups in total. The van der Waals surface area contributed by atoms with Crippen molar-refractivity contribution in [1.29, 1.82) is 0 Å². The number of hydrogen-bond acceptors (Lipinski definition) is 7. The fourth-order valence-electron chi connectivity index (χ4n) is 4.08. The first kappa shape index (κ1) is 23.5. The van der Waals surface area contributed by atoms with Gasteiger partial charge in [0.15, 0.2) is 22.3 Å². The van der Waals surface area contributed by atoms with E-state index in [1.165, 1.54) is 10.8 Å². The summed E-state index contributed by atoms with van der Waals surface area (Å²) in [6, 6.07) is 14.5. The van der Waals surface area contributed by atoms with Gasteiger partial charge in [0, 0.05) is 26.6 Å². The first-order valence-corrected chi connectivity index (χ1v) is 11.8. The molecule has 3 aromatic rings. The molecule has 0 amide bonds. The number of hydrogen-bond donors (Lipinski definition) is 0. The van der Waals surface area contributed by atoms with Crippen LogP contribution in [0, 0.1) is 5.92 Å². The smallest absolute Gasteiger partial charge is 0.185 e. The van der Waals surface area contributed by atoms with Crippen molar-refractivity contribution in [2.45, 2.75) is 52.4 Å². The lowest BCUT2D eigenvalue weighted by Gasteiger charge is -2.21. The number of benzene rings is 2. The first-order chi connectivity index (χ1) is 16.1. The van der Waals surface area contributed by atoms with Crippen LogP contribution in [0.1, 0.15) is 60.0 Å². The Morgan fingerprint density at radius 2 is 1.88 bits per heavy atom. The number of nitrogens with zero attached hydrogens (tertiary/aromatic N) is 1. The fourth-order valence-corrected chi connectivity index (χ4v) is 4.14. The van der Waals surface area contributed by atoms with Crippen LogP contribution in [0.2, 0.25) is 0 Å². The average molecular weight is 468 g/mol. The van der Waals surface area contributed by atoms with Gasteiger partial charge in [0.05, 0.1) is 12.2 Å². The molecule has 0 unspecified atom stereocenters. The maximum Gasteiger partial charge on any atom is 0.185 e. The summed E-state index contributed by atoms with van der Waals surface area (Å²) in [4.78, 5) is 12.9. The molecule has 6 nitrogen and oxygen atoms in total. The second kappa shape index (κ2) is 11.5. The summed E-state index contributed by atoms with van der Waals surface area (Å²) in [6.07, 6.45) is 3.26. The van der Waals surface area contributed by atoms with Gasteiger partial charge in [-0.3, -0.25) is 4.79 Å². The van der Waals surface area contributed by atoms with Crippen LogP contribution in [-0.2, 0) is 34.0 Å². The molecule has 2 aromatic carbocycles. The predicted octanol–water partition coefficient (Wildman–Crippen LogP) is 5.80. The van der Waals surface area contributed by atoms with Gasteiger partial charge >= 0.3 is 0 Å². The Labute approximate surface area is 199 Å². The molecular weight excluding hydrogens is 438 g/mol. The molecule has 4 rings (SSSR count). The molecule has 1 saturated heterocycles. The molecule has 0 aliphatic carbocycles. The van der Waals surface area contributed by atoms with Gasteiger partial charge in [0.2, 0.25) is 0 Å². The van der Waals surface area contributed by atoms with E-state index < -0.39 is 0 Å². The fraction of sp³-hybridized carbons (Fsp3) is 0.423. The summed E-state index contributed by atoms with van der Waals surface area (Å²) in [6.45, 7) is 4.01. The minimum absolute atomic E-state index is 0.0355. The zero-order chi connectivity index (χ0) is 23.0. The van der Waals surface area contributed by atoms with E-state index in [4.69, 9.17) is 31.0 Å². The Morgan fingerprint density at radius 3 is 2.67 bits per heavy atom. The van der Waals surface area contributed by atoms with E-state index in [1.807, 2.05) is 18.2 Å². The van der Waals surface area contributed by atoms with Crippen LogP contribution in [0.3, 0.4) is 0 Å². The number of ketones is 1. The van der Waals surface area contributed by atoms with Crippen molar-refractivity contribution in [3.63, 3.8) is 0 Å². The average Bonchev–Trinajstić information content (AvgIpc) is 3.24. The molecule has 7 heteroatoms. The first-order valence-electron chi connectivity index (χ1n) is 11.4. The minimum atomic E-state index is -0.0355. The summed E-state index contributed by atoms with van der Waals surface area (Å²) >= 11 is 5.05. The molecule has 0 radical (unpaired) electrons. The van der Waals surface area contributed by atoms with E-state index >= 15 is 0 Å². The van der Waals surface area contributed by atoms with Crippen LogP contribution in [0.5, 0.6) is 0 Å². The molecule has 2 heterocycles. The second-order valence-corrected chi connectivity index (χ2v) is 8.98. The molecule has 1 aliphatic rings. The zero-order valence-corrected chi connectivity index (χ0v) is 19.7. The SMILES string of the molecule is CC(=S)OCc1c(C(=O)CCC2CCOCC2)noc1COCc1ccc2ccccc2c1. The summed E-state index contributed by atoms with van der Waals surface area (Å²) in [5.74, 6) is 0.982. The van der Waals surface area contributed by atoms with Crippen LogP contribution in [0.4, 0.5) is 0 Å². The van der Waals surface area contributed by atoms with Gasteiger partial charge in [0.1, 0.15) is 13.2 Å². The number of Topliss-reactive ketones (excluding diaryl/α,β-unsaturated/α-hetero) is 1. The third-order valence-corrected chi connectivity index (χ3v) is 6.11. The highest BCUT2D eigenvalue weighted by molar-refractivity contribution is 7.80. The lowest BCUT2D eigenvalue weighted by Crippen LogP contribution is -2.17. The van der Waals surface area contributed by atoms with Crippen molar-refractivity contribution in [3.8, 4) is 0 Å². The number of aromatic nitrogens is 1. The van der Waals surface area contributed by atoms with Crippen LogP contribution < -0.4 is 0 Å². The number of fused-ring (bicyclic) bond motifs is 1. The Kier molecular flexibility index (Phi) is 8.20. The summed E-state index contributed by atoms with van der Waals surface area (Å²) in [5, 5.41) is 6.83. The van der Waals surface area contributed by atoms with E-state index in [-0.39, 0.29) is 19.0 Å². The normalized spacial score (nSPS) is 14.5. The van der Waals surface area contributed by atoms with E-state index in [0.29, 0.717) is 41.0 Å². The maximum atomic E-state index is 12.9. The van der Waals surface area contributed by atoms with Crippen molar-refractivity contribution in [3.05, 3.63) is 65.0 Å². The third-order valence-electron chi connectivity index (χ3n) is 5.99. The standard InChI is InChI=1S/C26H29NO5S/c1-18(33)31-16-23-25(17-30-15-20-6-8-21-4-2-3-5-22(21)14-20)32-27-26(23)24(28)9-7-19-10-12-29-13-11-19/h2-6,8,14,19H,7,9-13,15-17H2,1H3. The van der Waals surface area contributed by atoms with Crippen LogP contribution in [-0.4, -0.2) is 29.2 Å². The van der Waals surface area contributed by atoms with Gasteiger partial charge in [-0.2, -0.15) is 0 Å². The van der Waals surface area contributed by atoms with Gasteiger partial charge in [-0.1, -0.05) is 41.6 Å². The van der Waals surface area contributed by atoms with Gasteiger partial charge in [-0.25, -0.2) is 0 Å². The van der Waals surface area contributed by atoms with Crippen molar-refractivity contribution in [2.24, 2.45) is 5.92 Å². The van der Waals surface area contributed by atoms with Gasteiger partial charge < -0.3 is 18.7 Å². The molecule has 1 aromatic heterocycles. The number of ether oxygens (including phenoxy) is 3. The quantitative estimate of drug-likeness (QED) is 0.276. The molecule has 1 aliphatic heterocycles. The summed E-state index contributed by atoms with van der Waals surface area (Å²) < 4.78 is 22.3. The summed E-state index contributed by atoms with van der Waals surface area (Å²) in [5.41, 5.74) is 2.01. The monoisotopic (exact) mass is 467 g/mol. The number of carbonyl (C=O) groups excluding carboxylic acids is 1. The Hall–Kier alpha value is -2.61.